The molecule has 4 nitrogen and oxygen atoms in total. The van der Waals surface area contributed by atoms with E-state index in [1.807, 2.05) is 12.3 Å². The summed E-state index contributed by atoms with van der Waals surface area (Å²) in [6, 6.07) is 4.45. The number of thioether (sulfide) groups is 1. The van der Waals surface area contributed by atoms with E-state index in [4.69, 9.17) is 5.26 Å². The van der Waals surface area contributed by atoms with Crippen LogP contribution >= 0.6 is 11.8 Å². The van der Waals surface area contributed by atoms with Crippen LogP contribution in [0, 0.1) is 11.3 Å². The lowest BCUT2D eigenvalue weighted by Gasteiger charge is -2.26. The molecule has 0 aromatic carbocycles. The molecule has 86 valence electrons. The number of rotatable bonds is 5. The van der Waals surface area contributed by atoms with Crippen molar-refractivity contribution in [3.63, 3.8) is 0 Å². The van der Waals surface area contributed by atoms with E-state index < -0.39 is 0 Å². The number of anilines is 1. The topological polar surface area (TPSA) is 52.8 Å². The van der Waals surface area contributed by atoms with Gasteiger partial charge in [-0.05, 0) is 20.1 Å². The highest BCUT2D eigenvalue weighted by Gasteiger charge is 2.12. The Morgan fingerprint density at radius 1 is 1.50 bits per heavy atom. The maximum absolute atomic E-state index is 8.63. The normalized spacial score (nSPS) is 10.2. The maximum Gasteiger partial charge on any atom is 0.133 e. The zero-order chi connectivity index (χ0) is 12.0. The molecule has 0 saturated heterocycles. The third-order valence-electron chi connectivity index (χ3n) is 2.22. The van der Waals surface area contributed by atoms with Crippen LogP contribution in [0.25, 0.3) is 0 Å². The molecular weight excluding hydrogens is 220 g/mol. The molecule has 1 aromatic rings. The third-order valence-corrected chi connectivity index (χ3v) is 2.86. The van der Waals surface area contributed by atoms with Gasteiger partial charge in [-0.15, -0.1) is 11.8 Å². The van der Waals surface area contributed by atoms with Gasteiger partial charge in [0.15, 0.2) is 0 Å². The minimum absolute atomic E-state index is 0.331. The number of hydrogen-bond donors (Lipinski definition) is 0. The Balaban J connectivity index is 2.88. The van der Waals surface area contributed by atoms with E-state index in [-0.39, 0.29) is 0 Å². The van der Waals surface area contributed by atoms with Crippen LogP contribution in [-0.4, -0.2) is 28.8 Å². The molecule has 0 atom stereocenters. The molecule has 0 aliphatic carbocycles. The summed E-state index contributed by atoms with van der Waals surface area (Å²) in [6.07, 6.45) is 4.07. The van der Waals surface area contributed by atoms with Crippen LogP contribution in [0.1, 0.15) is 20.3 Å². The van der Waals surface area contributed by atoms with Crippen molar-refractivity contribution in [1.29, 1.82) is 5.26 Å². The second kappa shape index (κ2) is 6.33. The largest absolute Gasteiger partial charge is 0.353 e. The van der Waals surface area contributed by atoms with Crippen molar-refractivity contribution in [2.45, 2.75) is 31.3 Å². The van der Waals surface area contributed by atoms with Crippen LogP contribution < -0.4 is 4.90 Å². The van der Waals surface area contributed by atoms with Crippen LogP contribution in [0.2, 0.25) is 0 Å². The van der Waals surface area contributed by atoms with E-state index in [2.05, 4.69) is 34.8 Å². The Kier molecular flexibility index (Phi) is 5.06. The van der Waals surface area contributed by atoms with Gasteiger partial charge < -0.3 is 4.90 Å². The van der Waals surface area contributed by atoms with E-state index >= 15 is 0 Å². The van der Waals surface area contributed by atoms with Crippen LogP contribution in [0.5, 0.6) is 0 Å². The lowest BCUT2D eigenvalue weighted by Crippen LogP contribution is -2.32. The first kappa shape index (κ1) is 12.8. The fourth-order valence-electron chi connectivity index (χ4n) is 1.41. The van der Waals surface area contributed by atoms with E-state index in [1.165, 1.54) is 0 Å². The second-order valence-corrected chi connectivity index (χ2v) is 4.44. The lowest BCUT2D eigenvalue weighted by molar-refractivity contribution is 0.673. The molecule has 0 aliphatic heterocycles. The minimum atomic E-state index is 0.331. The highest BCUT2D eigenvalue weighted by atomic mass is 32.2. The Labute approximate surface area is 101 Å². The Bertz CT molecular complexity index is 372. The standard InChI is InChI=1S/C11H16N4S/c1-9(2)15(6-4-5-12)10-7-11(16-3)14-8-13-10/h7-9H,4,6H2,1-3H3. The molecule has 0 amide bonds. The maximum atomic E-state index is 8.63. The zero-order valence-electron chi connectivity index (χ0n) is 9.84. The van der Waals surface area contributed by atoms with Crippen molar-refractivity contribution < 1.29 is 0 Å². The minimum Gasteiger partial charge on any atom is -0.353 e. The molecule has 16 heavy (non-hydrogen) atoms. The molecule has 0 bridgehead atoms. The van der Waals surface area contributed by atoms with E-state index in [0.29, 0.717) is 19.0 Å². The molecule has 0 unspecified atom stereocenters. The molecule has 5 heteroatoms. The average Bonchev–Trinajstić information content (AvgIpc) is 2.29. The first-order valence-electron chi connectivity index (χ1n) is 5.18. The average molecular weight is 236 g/mol. The second-order valence-electron chi connectivity index (χ2n) is 3.61. The van der Waals surface area contributed by atoms with E-state index in [9.17, 15) is 0 Å². The zero-order valence-corrected chi connectivity index (χ0v) is 10.7. The Hall–Kier alpha value is -1.28. The van der Waals surface area contributed by atoms with Gasteiger partial charge >= 0.3 is 0 Å². The summed E-state index contributed by atoms with van der Waals surface area (Å²) in [4.78, 5) is 10.5. The first-order valence-corrected chi connectivity index (χ1v) is 6.41. The van der Waals surface area contributed by atoms with Crippen LogP contribution in [0.3, 0.4) is 0 Å². The smallest absolute Gasteiger partial charge is 0.133 e. The summed E-state index contributed by atoms with van der Waals surface area (Å²) in [5, 5.41) is 9.58. The molecule has 1 aromatic heterocycles. The number of nitrogens with zero attached hydrogens (tertiary/aromatic N) is 4. The number of aromatic nitrogens is 2. The molecule has 0 saturated carbocycles. The van der Waals surface area contributed by atoms with Crippen molar-refractivity contribution in [3.05, 3.63) is 12.4 Å². The van der Waals surface area contributed by atoms with Crippen molar-refractivity contribution in [3.8, 4) is 6.07 Å². The van der Waals surface area contributed by atoms with Crippen LogP contribution in [-0.2, 0) is 0 Å². The summed E-state index contributed by atoms with van der Waals surface area (Å²) in [5.41, 5.74) is 0. The third kappa shape index (κ3) is 3.38. The van der Waals surface area contributed by atoms with Crippen molar-refractivity contribution in [2.24, 2.45) is 0 Å². The van der Waals surface area contributed by atoms with Gasteiger partial charge in [-0.25, -0.2) is 9.97 Å². The van der Waals surface area contributed by atoms with Gasteiger partial charge in [-0.2, -0.15) is 5.26 Å². The fourth-order valence-corrected chi connectivity index (χ4v) is 1.78. The van der Waals surface area contributed by atoms with Crippen molar-refractivity contribution >= 4 is 17.6 Å². The molecule has 1 rings (SSSR count). The van der Waals surface area contributed by atoms with Crippen LogP contribution in [0.15, 0.2) is 17.4 Å². The van der Waals surface area contributed by atoms with Crippen molar-refractivity contribution in [1.82, 2.24) is 9.97 Å². The Morgan fingerprint density at radius 3 is 2.81 bits per heavy atom. The van der Waals surface area contributed by atoms with E-state index in [1.54, 1.807) is 18.1 Å². The predicted octanol–water partition coefficient (Wildman–Crippen LogP) is 2.33. The quantitative estimate of drug-likeness (QED) is 0.580. The summed E-state index contributed by atoms with van der Waals surface area (Å²) in [6.45, 7) is 4.90. The summed E-state index contributed by atoms with van der Waals surface area (Å²) in [7, 11) is 0. The highest BCUT2D eigenvalue weighted by molar-refractivity contribution is 7.98. The van der Waals surface area contributed by atoms with Gasteiger partial charge in [-0.3, -0.25) is 0 Å². The SMILES string of the molecule is CSc1cc(N(CCC#N)C(C)C)ncn1. The van der Waals surface area contributed by atoms with Gasteiger partial charge in [0, 0.05) is 18.7 Å². The van der Waals surface area contributed by atoms with Gasteiger partial charge in [0.25, 0.3) is 0 Å². The first-order chi connectivity index (χ1) is 7.69. The van der Waals surface area contributed by atoms with Gasteiger partial charge in [-0.1, -0.05) is 0 Å². The summed E-state index contributed by atoms with van der Waals surface area (Å²) < 4.78 is 0. The fraction of sp³-hybridized carbons (Fsp3) is 0.545. The summed E-state index contributed by atoms with van der Waals surface area (Å²) in [5.74, 6) is 0.893. The number of hydrogen-bond acceptors (Lipinski definition) is 5. The molecule has 0 radical (unpaired) electrons. The Morgan fingerprint density at radius 2 is 2.25 bits per heavy atom. The van der Waals surface area contributed by atoms with E-state index in [0.717, 1.165) is 10.8 Å². The molecular formula is C11H16N4S. The molecule has 0 aliphatic rings. The van der Waals surface area contributed by atoms with Gasteiger partial charge in [0.1, 0.15) is 17.2 Å². The highest BCUT2D eigenvalue weighted by Crippen LogP contribution is 2.19. The summed E-state index contributed by atoms with van der Waals surface area (Å²) >= 11 is 1.59. The lowest BCUT2D eigenvalue weighted by atomic mass is 10.3. The monoisotopic (exact) mass is 236 g/mol. The molecule has 0 N–H and O–H groups in total. The van der Waals surface area contributed by atoms with Gasteiger partial charge in [0.05, 0.1) is 12.5 Å². The van der Waals surface area contributed by atoms with Gasteiger partial charge in [0.2, 0.25) is 0 Å². The predicted molar refractivity (Wildman–Crippen MR) is 66.5 cm³/mol. The van der Waals surface area contributed by atoms with Crippen molar-refractivity contribution in [2.75, 3.05) is 17.7 Å². The number of nitriles is 1. The van der Waals surface area contributed by atoms with Crippen LogP contribution in [0.4, 0.5) is 5.82 Å². The molecule has 1 heterocycles. The molecule has 0 fully saturated rings. The molecule has 0 spiro atoms.